The van der Waals surface area contributed by atoms with Crippen LogP contribution in [0.5, 0.6) is 0 Å². The summed E-state index contributed by atoms with van der Waals surface area (Å²) >= 11 is 1.71. The number of amides is 1. The normalized spacial score (nSPS) is 21.8. The zero-order valence-electron chi connectivity index (χ0n) is 21.8. The smallest absolute Gasteiger partial charge is 0.226 e. The molecule has 2 aromatic rings. The molecule has 1 aliphatic carbocycles. The quantitative estimate of drug-likeness (QED) is 0.488. The van der Waals surface area contributed by atoms with Gasteiger partial charge in [0.25, 0.3) is 0 Å². The lowest BCUT2D eigenvalue weighted by atomic mass is 9.76. The van der Waals surface area contributed by atoms with E-state index in [0.29, 0.717) is 11.4 Å². The molecule has 2 saturated heterocycles. The maximum Gasteiger partial charge on any atom is 0.226 e. The highest BCUT2D eigenvalue weighted by atomic mass is 32.2. The summed E-state index contributed by atoms with van der Waals surface area (Å²) in [6, 6.07) is 11.3. The number of piperidine rings is 1. The van der Waals surface area contributed by atoms with Gasteiger partial charge in [-0.05, 0) is 80.8 Å². The van der Waals surface area contributed by atoms with Gasteiger partial charge in [-0.3, -0.25) is 10.2 Å². The SMILES string of the molecule is CC1(C(=O)NC(CCN2CCC3(CC2)CCN(Cc2ccc(S(C)(=O)=O)cc2)C3=N)c2cccs2)CC1. The van der Waals surface area contributed by atoms with Crippen molar-refractivity contribution in [3.63, 3.8) is 0 Å². The summed E-state index contributed by atoms with van der Waals surface area (Å²) in [4.78, 5) is 19.0. The number of rotatable bonds is 9. The molecule has 1 saturated carbocycles. The van der Waals surface area contributed by atoms with Gasteiger partial charge in [0.1, 0.15) is 5.84 Å². The first-order valence-corrected chi connectivity index (χ1v) is 16.0. The number of thiophene rings is 1. The maximum atomic E-state index is 12.7. The van der Waals surface area contributed by atoms with Crippen LogP contribution in [0.15, 0.2) is 46.7 Å². The van der Waals surface area contributed by atoms with Crippen molar-refractivity contribution in [1.29, 1.82) is 5.41 Å². The molecule has 7 nitrogen and oxygen atoms in total. The maximum absolute atomic E-state index is 12.7. The van der Waals surface area contributed by atoms with Gasteiger partial charge < -0.3 is 15.1 Å². The molecule has 1 amide bonds. The predicted octanol–water partition coefficient (Wildman–Crippen LogP) is 4.46. The van der Waals surface area contributed by atoms with Crippen molar-refractivity contribution in [2.24, 2.45) is 10.8 Å². The lowest BCUT2D eigenvalue weighted by molar-refractivity contribution is -0.126. The number of carbonyl (C=O) groups is 1. The first-order chi connectivity index (χ1) is 17.6. The molecule has 0 bridgehead atoms. The number of sulfone groups is 1. The standard InChI is InChI=1S/C28H38N4O3S2/c1-27(10-11-27)26(33)30-23(24-4-3-19-36-24)9-15-31-16-12-28(13-17-31)14-18-32(25(28)29)20-21-5-7-22(8-6-21)37(2,34)35/h3-8,19,23,29H,9-18,20H2,1-2H3,(H,30,33). The van der Waals surface area contributed by atoms with Crippen LogP contribution in [0.25, 0.3) is 0 Å². The summed E-state index contributed by atoms with van der Waals surface area (Å²) in [5.74, 6) is 0.926. The number of hydrogen-bond acceptors (Lipinski definition) is 6. The fourth-order valence-electron chi connectivity index (χ4n) is 5.66. The summed E-state index contributed by atoms with van der Waals surface area (Å²) in [7, 11) is -3.20. The van der Waals surface area contributed by atoms with Gasteiger partial charge in [0, 0.05) is 41.6 Å². The first kappa shape index (κ1) is 26.4. The number of nitrogens with one attached hydrogen (secondary N) is 2. The molecule has 1 aromatic carbocycles. The van der Waals surface area contributed by atoms with Gasteiger partial charge in [0.05, 0.1) is 10.9 Å². The highest BCUT2D eigenvalue weighted by Crippen LogP contribution is 2.46. The third kappa shape index (κ3) is 5.78. The van der Waals surface area contributed by atoms with Crippen LogP contribution in [0, 0.1) is 16.2 Å². The third-order valence-electron chi connectivity index (χ3n) is 8.69. The van der Waals surface area contributed by atoms with Crippen molar-refractivity contribution in [1.82, 2.24) is 15.1 Å². The van der Waals surface area contributed by atoms with Crippen LogP contribution < -0.4 is 5.32 Å². The van der Waals surface area contributed by atoms with Crippen molar-refractivity contribution >= 4 is 32.9 Å². The Morgan fingerprint density at radius 1 is 1.08 bits per heavy atom. The molecule has 1 unspecified atom stereocenters. The second-order valence-electron chi connectivity index (χ2n) is 11.4. The molecule has 5 rings (SSSR count). The molecule has 2 N–H and O–H groups in total. The predicted molar refractivity (Wildman–Crippen MR) is 148 cm³/mol. The average molecular weight is 543 g/mol. The van der Waals surface area contributed by atoms with Crippen molar-refractivity contribution < 1.29 is 13.2 Å². The lowest BCUT2D eigenvalue weighted by Gasteiger charge is -2.40. The van der Waals surface area contributed by atoms with Crippen LogP contribution in [0.2, 0.25) is 0 Å². The molecule has 9 heteroatoms. The van der Waals surface area contributed by atoms with Crippen LogP contribution in [-0.4, -0.2) is 62.4 Å². The summed E-state index contributed by atoms with van der Waals surface area (Å²) in [6.07, 6.45) is 7.09. The van der Waals surface area contributed by atoms with E-state index in [0.717, 1.165) is 76.1 Å². The van der Waals surface area contributed by atoms with E-state index in [-0.39, 0.29) is 22.8 Å². The molecule has 3 aliphatic rings. The van der Waals surface area contributed by atoms with Gasteiger partial charge in [-0.1, -0.05) is 25.1 Å². The molecule has 37 heavy (non-hydrogen) atoms. The summed E-state index contributed by atoms with van der Waals surface area (Å²) in [6.45, 7) is 6.47. The van der Waals surface area contributed by atoms with E-state index < -0.39 is 9.84 Å². The van der Waals surface area contributed by atoms with Crippen LogP contribution >= 0.6 is 11.3 Å². The van der Waals surface area contributed by atoms with E-state index in [1.54, 1.807) is 23.5 Å². The third-order valence-corrected chi connectivity index (χ3v) is 10.8. The molecule has 1 atom stereocenters. The average Bonchev–Trinajstić information content (AvgIpc) is 3.28. The topological polar surface area (TPSA) is 93.6 Å². The first-order valence-electron chi connectivity index (χ1n) is 13.3. The number of nitrogens with zero attached hydrogens (tertiary/aromatic N) is 2. The molecule has 1 aromatic heterocycles. The van der Waals surface area contributed by atoms with Gasteiger partial charge in [0.15, 0.2) is 9.84 Å². The summed E-state index contributed by atoms with van der Waals surface area (Å²) < 4.78 is 23.5. The van der Waals surface area contributed by atoms with Crippen molar-refractivity contribution in [2.45, 2.75) is 62.9 Å². The second-order valence-corrected chi connectivity index (χ2v) is 14.4. The largest absolute Gasteiger partial charge is 0.356 e. The van der Waals surface area contributed by atoms with Gasteiger partial charge in [-0.15, -0.1) is 11.3 Å². The Bertz CT molecular complexity index is 1230. The van der Waals surface area contributed by atoms with Gasteiger partial charge in [-0.2, -0.15) is 0 Å². The second kappa shape index (κ2) is 10.2. The van der Waals surface area contributed by atoms with E-state index in [9.17, 15) is 13.2 Å². The minimum absolute atomic E-state index is 0.0505. The van der Waals surface area contributed by atoms with Gasteiger partial charge >= 0.3 is 0 Å². The Balaban J connectivity index is 1.13. The van der Waals surface area contributed by atoms with Crippen molar-refractivity contribution in [2.75, 3.05) is 32.4 Å². The zero-order chi connectivity index (χ0) is 26.3. The monoisotopic (exact) mass is 542 g/mol. The van der Waals surface area contributed by atoms with E-state index in [4.69, 9.17) is 5.41 Å². The molecule has 2 aliphatic heterocycles. The Hall–Kier alpha value is -2.23. The number of hydrogen-bond donors (Lipinski definition) is 2. The fraction of sp³-hybridized carbons (Fsp3) is 0.571. The Morgan fingerprint density at radius 3 is 2.35 bits per heavy atom. The number of amidine groups is 1. The minimum Gasteiger partial charge on any atom is -0.356 e. The Labute approximate surface area is 224 Å². The molecule has 0 radical (unpaired) electrons. The van der Waals surface area contributed by atoms with Crippen LogP contribution in [0.1, 0.15) is 61.9 Å². The number of likely N-dealkylation sites (tertiary alicyclic amines) is 2. The minimum atomic E-state index is -3.20. The molecular formula is C28H38N4O3S2. The number of carbonyl (C=O) groups excluding carboxylic acids is 1. The van der Waals surface area contributed by atoms with Crippen molar-refractivity contribution in [3.8, 4) is 0 Å². The van der Waals surface area contributed by atoms with Crippen LogP contribution in [-0.2, 0) is 21.2 Å². The van der Waals surface area contributed by atoms with Gasteiger partial charge in [0.2, 0.25) is 5.91 Å². The lowest BCUT2D eigenvalue weighted by Crippen LogP contribution is -2.45. The molecular weight excluding hydrogens is 504 g/mol. The van der Waals surface area contributed by atoms with E-state index >= 15 is 0 Å². The molecule has 1 spiro atoms. The van der Waals surface area contributed by atoms with E-state index in [1.807, 2.05) is 12.1 Å². The summed E-state index contributed by atoms with van der Waals surface area (Å²) in [5, 5.41) is 14.4. The molecule has 3 fully saturated rings. The number of benzene rings is 1. The highest BCUT2D eigenvalue weighted by molar-refractivity contribution is 7.90. The van der Waals surface area contributed by atoms with Crippen molar-refractivity contribution in [3.05, 3.63) is 52.2 Å². The van der Waals surface area contributed by atoms with Gasteiger partial charge in [-0.25, -0.2) is 8.42 Å². The highest BCUT2D eigenvalue weighted by Gasteiger charge is 2.46. The van der Waals surface area contributed by atoms with E-state index in [1.165, 1.54) is 11.1 Å². The molecule has 200 valence electrons. The van der Waals surface area contributed by atoms with Crippen LogP contribution in [0.3, 0.4) is 0 Å². The fourth-order valence-corrected chi connectivity index (χ4v) is 7.10. The zero-order valence-corrected chi connectivity index (χ0v) is 23.5. The Kier molecular flexibility index (Phi) is 7.24. The summed E-state index contributed by atoms with van der Waals surface area (Å²) in [5.41, 5.74) is 0.816. The Morgan fingerprint density at radius 2 is 1.76 bits per heavy atom. The van der Waals surface area contributed by atoms with E-state index in [2.05, 4.69) is 39.6 Å². The molecule has 3 heterocycles. The van der Waals surface area contributed by atoms with Crippen LogP contribution in [0.4, 0.5) is 0 Å².